The van der Waals surface area contributed by atoms with Crippen molar-refractivity contribution in [2.45, 2.75) is 33.4 Å². The Labute approximate surface area is 92.2 Å². The average molecular weight is 210 g/mol. The first kappa shape index (κ1) is 12.3. The van der Waals surface area contributed by atoms with Gasteiger partial charge in [-0.3, -0.25) is 0 Å². The van der Waals surface area contributed by atoms with Crippen LogP contribution < -0.4 is 5.73 Å². The molecule has 0 bridgehead atoms. The van der Waals surface area contributed by atoms with Gasteiger partial charge in [0, 0.05) is 18.7 Å². The van der Waals surface area contributed by atoms with E-state index in [0.717, 1.165) is 24.8 Å². The molecule has 1 heterocycles. The van der Waals surface area contributed by atoms with Crippen LogP contribution in [0, 0.1) is 5.92 Å². The Hall–Kier alpha value is -0.800. The molecule has 3 nitrogen and oxygen atoms in total. The fourth-order valence-corrected chi connectivity index (χ4v) is 1.70. The molecular formula is C12H22N2O. The van der Waals surface area contributed by atoms with Crippen molar-refractivity contribution in [1.29, 1.82) is 0 Å². The molecule has 0 amide bonds. The summed E-state index contributed by atoms with van der Waals surface area (Å²) in [5.41, 5.74) is 6.80. The highest BCUT2D eigenvalue weighted by atomic mass is 16.3. The SMILES string of the molecule is CCC(C)CN(C)Cc1ccoc1CN. The van der Waals surface area contributed by atoms with Crippen LogP contribution in [0.5, 0.6) is 0 Å². The third-order valence-corrected chi connectivity index (χ3v) is 2.78. The van der Waals surface area contributed by atoms with Gasteiger partial charge >= 0.3 is 0 Å². The quantitative estimate of drug-likeness (QED) is 0.783. The van der Waals surface area contributed by atoms with Gasteiger partial charge in [0.2, 0.25) is 0 Å². The molecule has 15 heavy (non-hydrogen) atoms. The monoisotopic (exact) mass is 210 g/mol. The van der Waals surface area contributed by atoms with Gasteiger partial charge in [0.25, 0.3) is 0 Å². The van der Waals surface area contributed by atoms with Crippen molar-refractivity contribution in [1.82, 2.24) is 4.90 Å². The molecule has 1 rings (SSSR count). The van der Waals surface area contributed by atoms with Crippen LogP contribution in [0.15, 0.2) is 16.7 Å². The Kier molecular flexibility index (Phi) is 4.85. The zero-order chi connectivity index (χ0) is 11.3. The van der Waals surface area contributed by atoms with E-state index in [2.05, 4.69) is 25.8 Å². The fraction of sp³-hybridized carbons (Fsp3) is 0.667. The third kappa shape index (κ3) is 3.68. The highest BCUT2D eigenvalue weighted by molar-refractivity contribution is 5.16. The average Bonchev–Trinajstić information content (AvgIpc) is 2.64. The smallest absolute Gasteiger partial charge is 0.121 e. The maximum atomic E-state index is 5.59. The summed E-state index contributed by atoms with van der Waals surface area (Å²) in [5, 5.41) is 0. The summed E-state index contributed by atoms with van der Waals surface area (Å²) in [7, 11) is 2.14. The molecule has 86 valence electrons. The van der Waals surface area contributed by atoms with E-state index in [1.54, 1.807) is 6.26 Å². The highest BCUT2D eigenvalue weighted by Gasteiger charge is 2.09. The largest absolute Gasteiger partial charge is 0.468 e. The lowest BCUT2D eigenvalue weighted by Gasteiger charge is -2.20. The molecule has 0 aliphatic carbocycles. The fourth-order valence-electron chi connectivity index (χ4n) is 1.70. The Bertz CT molecular complexity index is 283. The molecule has 0 aliphatic rings. The van der Waals surface area contributed by atoms with Gasteiger partial charge in [0.05, 0.1) is 12.8 Å². The minimum atomic E-state index is 0.486. The zero-order valence-electron chi connectivity index (χ0n) is 9.99. The molecule has 1 unspecified atom stereocenters. The topological polar surface area (TPSA) is 42.4 Å². The minimum Gasteiger partial charge on any atom is -0.468 e. The molecule has 2 N–H and O–H groups in total. The normalized spacial score (nSPS) is 13.4. The summed E-state index contributed by atoms with van der Waals surface area (Å²) in [5.74, 6) is 1.65. The molecule has 0 saturated carbocycles. The van der Waals surface area contributed by atoms with E-state index >= 15 is 0 Å². The maximum Gasteiger partial charge on any atom is 0.121 e. The summed E-state index contributed by atoms with van der Waals surface area (Å²) >= 11 is 0. The third-order valence-electron chi connectivity index (χ3n) is 2.78. The van der Waals surface area contributed by atoms with Gasteiger partial charge in [-0.15, -0.1) is 0 Å². The van der Waals surface area contributed by atoms with Crippen molar-refractivity contribution in [2.24, 2.45) is 11.7 Å². The lowest BCUT2D eigenvalue weighted by molar-refractivity contribution is 0.273. The first-order chi connectivity index (χ1) is 7.17. The van der Waals surface area contributed by atoms with E-state index in [4.69, 9.17) is 10.2 Å². The molecule has 0 radical (unpaired) electrons. The second-order valence-electron chi connectivity index (χ2n) is 4.28. The van der Waals surface area contributed by atoms with Gasteiger partial charge in [-0.05, 0) is 19.0 Å². The second kappa shape index (κ2) is 5.93. The second-order valence-corrected chi connectivity index (χ2v) is 4.28. The van der Waals surface area contributed by atoms with Crippen LogP contribution in [0.3, 0.4) is 0 Å². The summed E-state index contributed by atoms with van der Waals surface area (Å²) in [6, 6.07) is 2.01. The lowest BCUT2D eigenvalue weighted by atomic mass is 10.1. The van der Waals surface area contributed by atoms with Crippen LogP contribution in [0.4, 0.5) is 0 Å². The number of furan rings is 1. The first-order valence-electron chi connectivity index (χ1n) is 5.61. The van der Waals surface area contributed by atoms with Crippen LogP contribution >= 0.6 is 0 Å². The molecule has 0 spiro atoms. The van der Waals surface area contributed by atoms with Crippen LogP contribution in [0.1, 0.15) is 31.6 Å². The summed E-state index contributed by atoms with van der Waals surface area (Å²) in [6.45, 7) is 7.02. The molecule has 0 aliphatic heterocycles. The Morgan fingerprint density at radius 2 is 2.27 bits per heavy atom. The van der Waals surface area contributed by atoms with Gasteiger partial charge < -0.3 is 15.1 Å². The lowest BCUT2D eigenvalue weighted by Crippen LogP contribution is -2.24. The maximum absolute atomic E-state index is 5.59. The van der Waals surface area contributed by atoms with Crippen molar-refractivity contribution in [3.63, 3.8) is 0 Å². The first-order valence-corrected chi connectivity index (χ1v) is 5.61. The molecule has 0 fully saturated rings. The Morgan fingerprint density at radius 3 is 2.87 bits per heavy atom. The van der Waals surface area contributed by atoms with Crippen LogP contribution in [0.2, 0.25) is 0 Å². The van der Waals surface area contributed by atoms with Gasteiger partial charge in [-0.25, -0.2) is 0 Å². The highest BCUT2D eigenvalue weighted by Crippen LogP contribution is 2.13. The number of rotatable bonds is 6. The number of nitrogens with zero attached hydrogens (tertiary/aromatic N) is 1. The van der Waals surface area contributed by atoms with Crippen molar-refractivity contribution in [2.75, 3.05) is 13.6 Å². The predicted molar refractivity (Wildman–Crippen MR) is 62.4 cm³/mol. The van der Waals surface area contributed by atoms with Crippen molar-refractivity contribution >= 4 is 0 Å². The van der Waals surface area contributed by atoms with E-state index in [9.17, 15) is 0 Å². The molecule has 0 aromatic carbocycles. The van der Waals surface area contributed by atoms with E-state index in [0.29, 0.717) is 6.54 Å². The molecule has 3 heteroatoms. The molecule has 0 saturated heterocycles. The summed E-state index contributed by atoms with van der Waals surface area (Å²) < 4.78 is 5.29. The Morgan fingerprint density at radius 1 is 1.53 bits per heavy atom. The van der Waals surface area contributed by atoms with Gasteiger partial charge in [0.15, 0.2) is 0 Å². The minimum absolute atomic E-state index is 0.486. The standard InChI is InChI=1S/C12H22N2O/c1-4-10(2)8-14(3)9-11-5-6-15-12(11)7-13/h5-6,10H,4,7-9,13H2,1-3H3. The molecule has 1 aromatic rings. The number of hydrogen-bond acceptors (Lipinski definition) is 3. The van der Waals surface area contributed by atoms with E-state index in [-0.39, 0.29) is 0 Å². The van der Waals surface area contributed by atoms with Gasteiger partial charge in [0.1, 0.15) is 5.76 Å². The van der Waals surface area contributed by atoms with E-state index in [1.807, 2.05) is 6.07 Å². The Balaban J connectivity index is 2.47. The summed E-state index contributed by atoms with van der Waals surface area (Å²) in [4.78, 5) is 2.32. The van der Waals surface area contributed by atoms with E-state index < -0.39 is 0 Å². The van der Waals surface area contributed by atoms with Crippen molar-refractivity contribution in [3.05, 3.63) is 23.7 Å². The molecule has 1 aromatic heterocycles. The van der Waals surface area contributed by atoms with Crippen LogP contribution in [-0.4, -0.2) is 18.5 Å². The van der Waals surface area contributed by atoms with Gasteiger partial charge in [-0.2, -0.15) is 0 Å². The summed E-state index contributed by atoms with van der Waals surface area (Å²) in [6.07, 6.45) is 2.94. The predicted octanol–water partition coefficient (Wildman–Crippen LogP) is 2.22. The molecule has 1 atom stereocenters. The van der Waals surface area contributed by atoms with E-state index in [1.165, 1.54) is 12.0 Å². The van der Waals surface area contributed by atoms with Crippen molar-refractivity contribution in [3.8, 4) is 0 Å². The number of nitrogens with two attached hydrogens (primary N) is 1. The number of hydrogen-bond donors (Lipinski definition) is 1. The van der Waals surface area contributed by atoms with Crippen LogP contribution in [0.25, 0.3) is 0 Å². The molecular weight excluding hydrogens is 188 g/mol. The van der Waals surface area contributed by atoms with Gasteiger partial charge in [-0.1, -0.05) is 20.3 Å². The van der Waals surface area contributed by atoms with Crippen molar-refractivity contribution < 1.29 is 4.42 Å². The van der Waals surface area contributed by atoms with Crippen LogP contribution in [-0.2, 0) is 13.1 Å². The zero-order valence-corrected chi connectivity index (χ0v) is 9.99.